The van der Waals surface area contributed by atoms with Gasteiger partial charge in [0.15, 0.2) is 0 Å². The molecule has 1 aliphatic heterocycles. The van der Waals surface area contributed by atoms with Gasteiger partial charge in [-0.15, -0.1) is 0 Å². The van der Waals surface area contributed by atoms with E-state index in [-0.39, 0.29) is 5.91 Å². The van der Waals surface area contributed by atoms with E-state index in [0.29, 0.717) is 17.9 Å². The van der Waals surface area contributed by atoms with Crippen molar-refractivity contribution < 1.29 is 4.79 Å². The number of nitrogens with zero attached hydrogens (tertiary/aromatic N) is 1. The Kier molecular flexibility index (Phi) is 2.28. The SMILES string of the molecule is CC(=O)N1C[C@@H]2CCC[C@@H](N)[C@@H]2C1. The molecule has 1 amide bonds. The predicted octanol–water partition coefficient (Wildman–Crippen LogP) is 0.592. The highest BCUT2D eigenvalue weighted by atomic mass is 16.2. The predicted molar refractivity (Wildman–Crippen MR) is 51.1 cm³/mol. The van der Waals surface area contributed by atoms with Crippen LogP contribution in [0.15, 0.2) is 0 Å². The number of amides is 1. The van der Waals surface area contributed by atoms with Gasteiger partial charge < -0.3 is 10.6 Å². The molecule has 1 saturated heterocycles. The topological polar surface area (TPSA) is 46.3 Å². The molecule has 2 fully saturated rings. The van der Waals surface area contributed by atoms with Crippen molar-refractivity contribution in [3.63, 3.8) is 0 Å². The van der Waals surface area contributed by atoms with E-state index in [1.165, 1.54) is 12.8 Å². The van der Waals surface area contributed by atoms with Crippen LogP contribution in [0.2, 0.25) is 0 Å². The van der Waals surface area contributed by atoms with Crippen LogP contribution in [-0.2, 0) is 4.79 Å². The van der Waals surface area contributed by atoms with Crippen molar-refractivity contribution in [3.05, 3.63) is 0 Å². The summed E-state index contributed by atoms with van der Waals surface area (Å²) in [6.45, 7) is 3.51. The molecule has 0 aromatic heterocycles. The minimum absolute atomic E-state index is 0.210. The fraction of sp³-hybridized carbons (Fsp3) is 0.900. The van der Waals surface area contributed by atoms with Crippen LogP contribution in [0.3, 0.4) is 0 Å². The third kappa shape index (κ3) is 1.57. The average molecular weight is 182 g/mol. The van der Waals surface area contributed by atoms with Crippen LogP contribution in [-0.4, -0.2) is 29.9 Å². The monoisotopic (exact) mass is 182 g/mol. The van der Waals surface area contributed by atoms with Crippen molar-refractivity contribution in [3.8, 4) is 0 Å². The number of carbonyl (C=O) groups is 1. The largest absolute Gasteiger partial charge is 0.342 e. The standard InChI is InChI=1S/C10H18N2O/c1-7(13)12-5-8-3-2-4-10(11)9(8)6-12/h8-10H,2-6,11H2,1H3/t8-,9+,10+/m0/s1. The molecule has 13 heavy (non-hydrogen) atoms. The van der Waals surface area contributed by atoms with E-state index < -0.39 is 0 Å². The quantitative estimate of drug-likeness (QED) is 0.596. The summed E-state index contributed by atoms with van der Waals surface area (Å²) in [5, 5.41) is 0. The van der Waals surface area contributed by atoms with E-state index in [2.05, 4.69) is 0 Å². The fourth-order valence-electron chi connectivity index (χ4n) is 2.77. The lowest BCUT2D eigenvalue weighted by Gasteiger charge is -2.29. The van der Waals surface area contributed by atoms with E-state index in [1.54, 1.807) is 6.92 Å². The second-order valence-corrected chi connectivity index (χ2v) is 4.44. The van der Waals surface area contributed by atoms with Gasteiger partial charge in [0.2, 0.25) is 5.91 Å². The Bertz CT molecular complexity index is 217. The van der Waals surface area contributed by atoms with Gasteiger partial charge in [-0.3, -0.25) is 4.79 Å². The summed E-state index contributed by atoms with van der Waals surface area (Å²) >= 11 is 0. The Morgan fingerprint density at radius 1 is 1.38 bits per heavy atom. The first-order valence-electron chi connectivity index (χ1n) is 5.19. The lowest BCUT2D eigenvalue weighted by atomic mass is 9.78. The Balaban J connectivity index is 2.04. The molecule has 74 valence electrons. The molecule has 0 spiro atoms. The van der Waals surface area contributed by atoms with Crippen LogP contribution in [0.5, 0.6) is 0 Å². The van der Waals surface area contributed by atoms with Crippen molar-refractivity contribution in [2.45, 2.75) is 32.2 Å². The van der Waals surface area contributed by atoms with Gasteiger partial charge in [0, 0.05) is 26.1 Å². The molecule has 3 atom stereocenters. The van der Waals surface area contributed by atoms with Crippen LogP contribution in [0, 0.1) is 11.8 Å². The van der Waals surface area contributed by atoms with Crippen molar-refractivity contribution in [2.24, 2.45) is 17.6 Å². The molecule has 0 aromatic carbocycles. The van der Waals surface area contributed by atoms with Crippen LogP contribution < -0.4 is 5.73 Å². The van der Waals surface area contributed by atoms with E-state index in [4.69, 9.17) is 5.73 Å². The number of hydrogen-bond donors (Lipinski definition) is 1. The zero-order valence-corrected chi connectivity index (χ0v) is 8.20. The van der Waals surface area contributed by atoms with Crippen LogP contribution in [0.25, 0.3) is 0 Å². The van der Waals surface area contributed by atoms with E-state index in [1.807, 2.05) is 4.90 Å². The molecule has 0 unspecified atom stereocenters. The second-order valence-electron chi connectivity index (χ2n) is 4.44. The first-order chi connectivity index (χ1) is 6.18. The summed E-state index contributed by atoms with van der Waals surface area (Å²) in [5.74, 6) is 1.48. The second kappa shape index (κ2) is 3.29. The minimum atomic E-state index is 0.210. The normalized spacial score (nSPS) is 38.9. The molecule has 3 nitrogen and oxygen atoms in total. The van der Waals surface area contributed by atoms with Crippen molar-refractivity contribution in [2.75, 3.05) is 13.1 Å². The summed E-state index contributed by atoms with van der Waals surface area (Å²) in [5.41, 5.74) is 6.04. The highest BCUT2D eigenvalue weighted by Crippen LogP contribution is 2.35. The number of rotatable bonds is 0. The molecule has 2 N–H and O–H groups in total. The van der Waals surface area contributed by atoms with Gasteiger partial charge in [0.25, 0.3) is 0 Å². The van der Waals surface area contributed by atoms with Crippen LogP contribution >= 0.6 is 0 Å². The molecule has 1 aliphatic carbocycles. The summed E-state index contributed by atoms with van der Waals surface area (Å²) in [7, 11) is 0. The van der Waals surface area contributed by atoms with Gasteiger partial charge in [-0.2, -0.15) is 0 Å². The molecule has 0 radical (unpaired) electrons. The number of likely N-dealkylation sites (tertiary alicyclic amines) is 1. The minimum Gasteiger partial charge on any atom is -0.342 e. The van der Waals surface area contributed by atoms with E-state index in [0.717, 1.165) is 19.5 Å². The molecular weight excluding hydrogens is 164 g/mol. The van der Waals surface area contributed by atoms with Crippen molar-refractivity contribution >= 4 is 5.91 Å². The number of hydrogen-bond acceptors (Lipinski definition) is 2. The Hall–Kier alpha value is -0.570. The maximum atomic E-state index is 11.2. The summed E-state index contributed by atoms with van der Waals surface area (Å²) in [6.07, 6.45) is 3.66. The summed E-state index contributed by atoms with van der Waals surface area (Å²) in [4.78, 5) is 13.1. The number of carbonyl (C=O) groups excluding carboxylic acids is 1. The number of fused-ring (bicyclic) bond motifs is 1. The molecule has 2 aliphatic rings. The Morgan fingerprint density at radius 3 is 2.77 bits per heavy atom. The van der Waals surface area contributed by atoms with Crippen LogP contribution in [0.1, 0.15) is 26.2 Å². The summed E-state index contributed by atoms with van der Waals surface area (Å²) < 4.78 is 0. The van der Waals surface area contributed by atoms with Gasteiger partial charge in [-0.05, 0) is 24.7 Å². The molecule has 3 heteroatoms. The average Bonchev–Trinajstić information content (AvgIpc) is 2.49. The van der Waals surface area contributed by atoms with Gasteiger partial charge in [0.1, 0.15) is 0 Å². The molecule has 0 bridgehead atoms. The molecule has 1 saturated carbocycles. The van der Waals surface area contributed by atoms with Gasteiger partial charge in [-0.1, -0.05) is 6.42 Å². The maximum Gasteiger partial charge on any atom is 0.219 e. The zero-order valence-electron chi connectivity index (χ0n) is 8.20. The third-order valence-corrected chi connectivity index (χ3v) is 3.60. The first-order valence-corrected chi connectivity index (χ1v) is 5.19. The number of nitrogens with two attached hydrogens (primary N) is 1. The van der Waals surface area contributed by atoms with Gasteiger partial charge >= 0.3 is 0 Å². The lowest BCUT2D eigenvalue weighted by molar-refractivity contribution is -0.128. The van der Waals surface area contributed by atoms with E-state index in [9.17, 15) is 4.79 Å². The maximum absolute atomic E-state index is 11.2. The van der Waals surface area contributed by atoms with Crippen molar-refractivity contribution in [1.82, 2.24) is 4.90 Å². The van der Waals surface area contributed by atoms with Gasteiger partial charge in [-0.25, -0.2) is 0 Å². The van der Waals surface area contributed by atoms with Gasteiger partial charge in [0.05, 0.1) is 0 Å². The highest BCUT2D eigenvalue weighted by Gasteiger charge is 2.39. The Morgan fingerprint density at radius 2 is 2.15 bits per heavy atom. The van der Waals surface area contributed by atoms with Crippen molar-refractivity contribution in [1.29, 1.82) is 0 Å². The highest BCUT2D eigenvalue weighted by molar-refractivity contribution is 5.73. The molecular formula is C10H18N2O. The van der Waals surface area contributed by atoms with Crippen LogP contribution in [0.4, 0.5) is 0 Å². The van der Waals surface area contributed by atoms with E-state index >= 15 is 0 Å². The smallest absolute Gasteiger partial charge is 0.219 e. The molecule has 0 aromatic rings. The zero-order chi connectivity index (χ0) is 9.42. The summed E-state index contributed by atoms with van der Waals surface area (Å²) in [6, 6.07) is 0.336. The Labute approximate surface area is 79.3 Å². The first kappa shape index (κ1) is 9.00. The molecule has 1 heterocycles. The third-order valence-electron chi connectivity index (χ3n) is 3.60. The molecule has 2 rings (SSSR count). The fourth-order valence-corrected chi connectivity index (χ4v) is 2.77. The lowest BCUT2D eigenvalue weighted by Crippen LogP contribution is -2.38.